The lowest BCUT2D eigenvalue weighted by Crippen LogP contribution is -2.13. The molecule has 33 heavy (non-hydrogen) atoms. The molecule has 2 aromatic heterocycles. The van der Waals surface area contributed by atoms with Crippen LogP contribution in [0.3, 0.4) is 0 Å². The Balaban J connectivity index is 1.53. The molecular weight excluding hydrogens is 421 g/mol. The minimum atomic E-state index is -0.981. The van der Waals surface area contributed by atoms with Gasteiger partial charge in [-0.2, -0.15) is 0 Å². The summed E-state index contributed by atoms with van der Waals surface area (Å²) in [5.74, 6) is -0.536. The van der Waals surface area contributed by atoms with Crippen molar-refractivity contribution in [1.29, 1.82) is 0 Å². The third kappa shape index (κ3) is 4.50. The monoisotopic (exact) mass is 447 g/mol. The third-order valence-electron chi connectivity index (χ3n) is 5.64. The lowest BCUT2D eigenvalue weighted by atomic mass is 10.1. The van der Waals surface area contributed by atoms with Gasteiger partial charge in [0, 0.05) is 48.0 Å². The number of benzene rings is 2. The fourth-order valence-electron chi connectivity index (χ4n) is 4.07. The number of hydrogen-bond donors (Lipinski definition) is 3. The van der Waals surface area contributed by atoms with Gasteiger partial charge in [0.15, 0.2) is 0 Å². The van der Waals surface area contributed by atoms with Crippen LogP contribution in [0.15, 0.2) is 48.8 Å². The standard InChI is InChI=1S/C25H26FN5O2/c1-4-27-22-12-17(6-7-18(22)25(32)33)21-13-23(30-14-29-21)28-9-10-31-16(3)11-19-20(26)8-5-15(2)24(19)31/h5-8,11-14,27H,4,9-10H2,1-3H3,(H,32,33)(H,28,29,30). The van der Waals surface area contributed by atoms with Crippen molar-refractivity contribution in [2.75, 3.05) is 23.7 Å². The van der Waals surface area contributed by atoms with Crippen molar-refractivity contribution in [1.82, 2.24) is 14.5 Å². The highest BCUT2D eigenvalue weighted by Crippen LogP contribution is 2.27. The van der Waals surface area contributed by atoms with Crippen LogP contribution in [-0.2, 0) is 6.54 Å². The number of rotatable bonds is 8. The summed E-state index contributed by atoms with van der Waals surface area (Å²) in [7, 11) is 0. The summed E-state index contributed by atoms with van der Waals surface area (Å²) in [5, 5.41) is 16.4. The van der Waals surface area contributed by atoms with E-state index in [0.717, 1.165) is 22.3 Å². The Hall–Kier alpha value is -3.94. The van der Waals surface area contributed by atoms with E-state index in [2.05, 4.69) is 25.2 Å². The largest absolute Gasteiger partial charge is 0.478 e. The van der Waals surface area contributed by atoms with Crippen molar-refractivity contribution in [3.63, 3.8) is 0 Å². The van der Waals surface area contributed by atoms with E-state index in [1.807, 2.05) is 32.9 Å². The predicted molar refractivity (Wildman–Crippen MR) is 128 cm³/mol. The second-order valence-electron chi connectivity index (χ2n) is 7.88. The summed E-state index contributed by atoms with van der Waals surface area (Å²) in [6.45, 7) is 7.73. The van der Waals surface area contributed by atoms with Crippen LogP contribution in [0, 0.1) is 19.7 Å². The van der Waals surface area contributed by atoms with E-state index in [0.29, 0.717) is 42.2 Å². The number of aromatic nitrogens is 3. The van der Waals surface area contributed by atoms with Crippen LogP contribution in [0.4, 0.5) is 15.9 Å². The van der Waals surface area contributed by atoms with Crippen molar-refractivity contribution >= 4 is 28.4 Å². The molecule has 2 aromatic carbocycles. The maximum absolute atomic E-state index is 14.2. The van der Waals surface area contributed by atoms with E-state index in [4.69, 9.17) is 0 Å². The maximum Gasteiger partial charge on any atom is 0.337 e. The van der Waals surface area contributed by atoms with Gasteiger partial charge in [0.25, 0.3) is 0 Å². The van der Waals surface area contributed by atoms with Crippen molar-refractivity contribution in [2.24, 2.45) is 0 Å². The minimum absolute atomic E-state index is 0.211. The molecule has 2 heterocycles. The molecule has 4 aromatic rings. The molecular formula is C25H26FN5O2. The van der Waals surface area contributed by atoms with Crippen LogP contribution in [0.2, 0.25) is 0 Å². The molecule has 0 bridgehead atoms. The number of carboxylic acid groups (broad SMARTS) is 1. The normalized spacial score (nSPS) is 11.0. The molecule has 0 saturated carbocycles. The molecule has 0 spiro atoms. The van der Waals surface area contributed by atoms with Gasteiger partial charge in [0.1, 0.15) is 18.0 Å². The molecule has 0 aliphatic rings. The number of nitrogens with zero attached hydrogens (tertiary/aromatic N) is 3. The highest BCUT2D eigenvalue weighted by molar-refractivity contribution is 5.95. The average molecular weight is 448 g/mol. The molecule has 7 nitrogen and oxygen atoms in total. The molecule has 170 valence electrons. The predicted octanol–water partition coefficient (Wildman–Crippen LogP) is 5.10. The molecule has 0 aliphatic heterocycles. The van der Waals surface area contributed by atoms with Crippen LogP contribution >= 0.6 is 0 Å². The first-order valence-electron chi connectivity index (χ1n) is 10.8. The summed E-state index contributed by atoms with van der Waals surface area (Å²) in [6, 6.07) is 12.1. The highest BCUT2D eigenvalue weighted by Gasteiger charge is 2.13. The van der Waals surface area contributed by atoms with Crippen molar-refractivity contribution < 1.29 is 14.3 Å². The van der Waals surface area contributed by atoms with Crippen LogP contribution in [0.1, 0.15) is 28.5 Å². The SMILES string of the molecule is CCNc1cc(-c2cc(NCCn3c(C)cc4c(F)ccc(C)c43)ncn2)ccc1C(=O)O. The number of nitrogens with one attached hydrogen (secondary N) is 2. The van der Waals surface area contributed by atoms with Crippen LogP contribution < -0.4 is 10.6 Å². The zero-order chi connectivity index (χ0) is 23.5. The van der Waals surface area contributed by atoms with Gasteiger partial charge >= 0.3 is 5.97 Å². The first-order chi connectivity index (χ1) is 15.9. The molecule has 4 rings (SSSR count). The number of hydrogen-bond acceptors (Lipinski definition) is 5. The Kier molecular flexibility index (Phi) is 6.26. The van der Waals surface area contributed by atoms with E-state index in [1.165, 1.54) is 12.4 Å². The van der Waals surface area contributed by atoms with E-state index in [-0.39, 0.29) is 11.4 Å². The fraction of sp³-hybridized carbons (Fsp3) is 0.240. The zero-order valence-corrected chi connectivity index (χ0v) is 18.8. The maximum atomic E-state index is 14.2. The number of aromatic carboxylic acids is 1. The smallest absolute Gasteiger partial charge is 0.337 e. The highest BCUT2D eigenvalue weighted by atomic mass is 19.1. The molecule has 0 fully saturated rings. The first kappa shape index (κ1) is 22.3. The van der Waals surface area contributed by atoms with Crippen molar-refractivity contribution in [3.8, 4) is 11.3 Å². The fourth-order valence-corrected chi connectivity index (χ4v) is 4.07. The molecule has 0 radical (unpaired) electrons. The van der Waals surface area contributed by atoms with E-state index in [1.54, 1.807) is 24.3 Å². The van der Waals surface area contributed by atoms with Gasteiger partial charge in [-0.1, -0.05) is 12.1 Å². The summed E-state index contributed by atoms with van der Waals surface area (Å²) in [4.78, 5) is 20.1. The van der Waals surface area contributed by atoms with Gasteiger partial charge in [-0.3, -0.25) is 0 Å². The molecule has 0 unspecified atom stereocenters. The number of anilines is 2. The minimum Gasteiger partial charge on any atom is -0.478 e. The average Bonchev–Trinajstić information content (AvgIpc) is 3.14. The lowest BCUT2D eigenvalue weighted by Gasteiger charge is -2.13. The van der Waals surface area contributed by atoms with Gasteiger partial charge < -0.3 is 20.3 Å². The number of fused-ring (bicyclic) bond motifs is 1. The van der Waals surface area contributed by atoms with Crippen LogP contribution in [-0.4, -0.2) is 38.7 Å². The summed E-state index contributed by atoms with van der Waals surface area (Å²) in [5.41, 5.74) is 5.18. The Morgan fingerprint density at radius 2 is 1.91 bits per heavy atom. The molecule has 0 saturated heterocycles. The first-order valence-corrected chi connectivity index (χ1v) is 10.8. The summed E-state index contributed by atoms with van der Waals surface area (Å²) in [6.07, 6.45) is 1.48. The molecule has 3 N–H and O–H groups in total. The van der Waals surface area contributed by atoms with Crippen molar-refractivity contribution in [2.45, 2.75) is 27.3 Å². The quantitative estimate of drug-likeness (QED) is 0.348. The Morgan fingerprint density at radius 3 is 2.67 bits per heavy atom. The van der Waals surface area contributed by atoms with Crippen molar-refractivity contribution in [3.05, 3.63) is 71.4 Å². The molecule has 0 atom stereocenters. The Bertz CT molecular complexity index is 1330. The Labute approximate surface area is 191 Å². The molecule has 0 aliphatic carbocycles. The van der Waals surface area contributed by atoms with E-state index >= 15 is 0 Å². The second-order valence-corrected chi connectivity index (χ2v) is 7.88. The van der Waals surface area contributed by atoms with E-state index in [9.17, 15) is 14.3 Å². The zero-order valence-electron chi connectivity index (χ0n) is 18.8. The number of halogens is 1. The third-order valence-corrected chi connectivity index (χ3v) is 5.64. The molecule has 8 heteroatoms. The van der Waals surface area contributed by atoms with Crippen LogP contribution in [0.5, 0.6) is 0 Å². The topological polar surface area (TPSA) is 92.1 Å². The van der Waals surface area contributed by atoms with Gasteiger partial charge in [0.05, 0.1) is 16.8 Å². The van der Waals surface area contributed by atoms with Crippen LogP contribution in [0.25, 0.3) is 22.2 Å². The second kappa shape index (κ2) is 9.28. The van der Waals surface area contributed by atoms with E-state index < -0.39 is 5.97 Å². The molecule has 0 amide bonds. The summed E-state index contributed by atoms with van der Waals surface area (Å²) >= 11 is 0. The number of carbonyl (C=O) groups is 1. The Morgan fingerprint density at radius 1 is 1.09 bits per heavy atom. The van der Waals surface area contributed by atoms with Gasteiger partial charge in [-0.25, -0.2) is 19.2 Å². The lowest BCUT2D eigenvalue weighted by molar-refractivity contribution is 0.0698. The number of carboxylic acids is 1. The van der Waals surface area contributed by atoms with Gasteiger partial charge in [-0.05, 0) is 50.6 Å². The summed E-state index contributed by atoms with van der Waals surface area (Å²) < 4.78 is 16.3. The van der Waals surface area contributed by atoms with Gasteiger partial charge in [0.2, 0.25) is 0 Å². The number of aryl methyl sites for hydroxylation is 2. The van der Waals surface area contributed by atoms with Gasteiger partial charge in [-0.15, -0.1) is 0 Å².